The van der Waals surface area contributed by atoms with Crippen molar-refractivity contribution < 1.29 is 4.74 Å². The third kappa shape index (κ3) is 5.65. The molecule has 1 rings (SSSR count). The zero-order chi connectivity index (χ0) is 13.6. The summed E-state index contributed by atoms with van der Waals surface area (Å²) in [5.41, 5.74) is 1.29. The third-order valence-corrected chi connectivity index (χ3v) is 2.60. The highest BCUT2D eigenvalue weighted by Gasteiger charge is 2.13. The molecule has 0 aliphatic rings. The van der Waals surface area contributed by atoms with E-state index in [2.05, 4.69) is 51.2 Å². The van der Waals surface area contributed by atoms with Crippen LogP contribution in [0.2, 0.25) is 0 Å². The average Bonchev–Trinajstić information content (AvgIpc) is 2.71. The van der Waals surface area contributed by atoms with E-state index in [9.17, 15) is 0 Å². The van der Waals surface area contributed by atoms with E-state index in [-0.39, 0.29) is 5.54 Å². The number of hydrogen-bond donors (Lipinski definition) is 1. The van der Waals surface area contributed by atoms with E-state index >= 15 is 0 Å². The first-order chi connectivity index (χ1) is 8.39. The van der Waals surface area contributed by atoms with Crippen LogP contribution in [0.4, 0.5) is 0 Å². The number of hydrogen-bond acceptors (Lipinski definition) is 3. The summed E-state index contributed by atoms with van der Waals surface area (Å²) < 4.78 is 7.49. The Morgan fingerprint density at radius 1 is 1.39 bits per heavy atom. The molecule has 1 N–H and O–H groups in total. The summed E-state index contributed by atoms with van der Waals surface area (Å²) in [7, 11) is 0. The molecule has 0 aliphatic heterocycles. The molecule has 18 heavy (non-hydrogen) atoms. The second-order valence-electron chi connectivity index (χ2n) is 5.91. The molecule has 0 aliphatic carbocycles. The zero-order valence-electron chi connectivity index (χ0n) is 12.4. The van der Waals surface area contributed by atoms with Gasteiger partial charge in [0.25, 0.3) is 0 Å². The van der Waals surface area contributed by atoms with Crippen LogP contribution in [0.15, 0.2) is 12.4 Å². The fraction of sp³-hybridized carbons (Fsp3) is 0.786. The van der Waals surface area contributed by atoms with Crippen LogP contribution in [-0.4, -0.2) is 29.0 Å². The molecule has 0 fully saturated rings. The summed E-state index contributed by atoms with van der Waals surface area (Å²) in [5.74, 6) is 0. The molecule has 1 aromatic heterocycles. The first kappa shape index (κ1) is 15.2. The number of rotatable bonds is 7. The van der Waals surface area contributed by atoms with Crippen molar-refractivity contribution in [1.82, 2.24) is 15.1 Å². The normalized spacial score (nSPS) is 12.3. The predicted molar refractivity (Wildman–Crippen MR) is 74.6 cm³/mol. The Bertz CT molecular complexity index is 339. The van der Waals surface area contributed by atoms with Crippen molar-refractivity contribution in [3.63, 3.8) is 0 Å². The number of nitrogens with one attached hydrogen (secondary N) is 1. The predicted octanol–water partition coefficient (Wildman–Crippen LogP) is 2.54. The second-order valence-corrected chi connectivity index (χ2v) is 5.91. The molecule has 0 aromatic carbocycles. The summed E-state index contributed by atoms with van der Waals surface area (Å²) >= 11 is 0. The van der Waals surface area contributed by atoms with Gasteiger partial charge >= 0.3 is 0 Å². The Morgan fingerprint density at radius 3 is 2.67 bits per heavy atom. The fourth-order valence-corrected chi connectivity index (χ4v) is 1.57. The van der Waals surface area contributed by atoms with Crippen molar-refractivity contribution in [3.05, 3.63) is 18.0 Å². The maximum absolute atomic E-state index is 5.49. The van der Waals surface area contributed by atoms with Gasteiger partial charge in [-0.2, -0.15) is 5.10 Å². The van der Waals surface area contributed by atoms with E-state index in [4.69, 9.17) is 4.74 Å². The van der Waals surface area contributed by atoms with Gasteiger partial charge in [0.2, 0.25) is 0 Å². The smallest absolute Gasteiger partial charge is 0.0543 e. The first-order valence-corrected chi connectivity index (χ1v) is 6.76. The molecule has 0 unspecified atom stereocenters. The fourth-order valence-electron chi connectivity index (χ4n) is 1.57. The van der Waals surface area contributed by atoms with Gasteiger partial charge in [-0.05, 0) is 47.6 Å². The molecule has 1 heterocycles. The summed E-state index contributed by atoms with van der Waals surface area (Å²) in [6, 6.07) is 0. The number of nitrogens with zero attached hydrogens (tertiary/aromatic N) is 2. The van der Waals surface area contributed by atoms with Gasteiger partial charge in [0, 0.05) is 24.9 Å². The summed E-state index contributed by atoms with van der Waals surface area (Å²) in [6.45, 7) is 13.3. The van der Waals surface area contributed by atoms with Crippen molar-refractivity contribution in [2.75, 3.05) is 13.2 Å². The van der Waals surface area contributed by atoms with Crippen LogP contribution < -0.4 is 5.32 Å². The molecule has 0 amide bonds. The second kappa shape index (κ2) is 6.90. The molecular weight excluding hydrogens is 226 g/mol. The lowest BCUT2D eigenvalue weighted by Gasteiger charge is -2.18. The Labute approximate surface area is 111 Å². The highest BCUT2D eigenvalue weighted by atomic mass is 16.5. The Kier molecular flexibility index (Phi) is 5.82. The SMILES string of the molecule is CC(C)OCCCNCc1cnn(C(C)(C)C)c1. The zero-order valence-corrected chi connectivity index (χ0v) is 12.4. The van der Waals surface area contributed by atoms with E-state index in [1.54, 1.807) is 0 Å². The molecule has 0 atom stereocenters. The van der Waals surface area contributed by atoms with Crippen LogP contribution >= 0.6 is 0 Å². The number of aromatic nitrogens is 2. The van der Waals surface area contributed by atoms with Crippen molar-refractivity contribution >= 4 is 0 Å². The van der Waals surface area contributed by atoms with Crippen LogP contribution in [0.1, 0.15) is 46.6 Å². The average molecular weight is 253 g/mol. The molecule has 104 valence electrons. The Hall–Kier alpha value is -0.870. The maximum Gasteiger partial charge on any atom is 0.0543 e. The first-order valence-electron chi connectivity index (χ1n) is 6.76. The maximum atomic E-state index is 5.49. The minimum atomic E-state index is 0.0589. The van der Waals surface area contributed by atoms with Gasteiger partial charge in [0.05, 0.1) is 17.8 Å². The Morgan fingerprint density at radius 2 is 2.11 bits per heavy atom. The van der Waals surface area contributed by atoms with E-state index in [0.717, 1.165) is 26.1 Å². The van der Waals surface area contributed by atoms with Crippen molar-refractivity contribution in [3.8, 4) is 0 Å². The van der Waals surface area contributed by atoms with Crippen LogP contribution in [0.5, 0.6) is 0 Å². The highest BCUT2D eigenvalue weighted by Crippen LogP contribution is 2.12. The molecule has 0 bridgehead atoms. The highest BCUT2D eigenvalue weighted by molar-refractivity contribution is 5.04. The van der Waals surface area contributed by atoms with E-state index in [0.29, 0.717) is 6.10 Å². The van der Waals surface area contributed by atoms with Crippen LogP contribution in [0.3, 0.4) is 0 Å². The molecule has 0 radical (unpaired) electrons. The minimum Gasteiger partial charge on any atom is -0.379 e. The summed E-state index contributed by atoms with van der Waals surface area (Å²) in [6.07, 6.45) is 5.42. The molecule has 0 saturated heterocycles. The quantitative estimate of drug-likeness (QED) is 0.759. The van der Waals surface area contributed by atoms with Gasteiger partial charge in [0.1, 0.15) is 0 Å². The number of ether oxygens (including phenoxy) is 1. The molecule has 4 heteroatoms. The standard InChI is InChI=1S/C14H27N3O/c1-12(2)18-8-6-7-15-9-13-10-16-17(11-13)14(3,4)5/h10-12,15H,6-9H2,1-5H3. The topological polar surface area (TPSA) is 39.1 Å². The van der Waals surface area contributed by atoms with Crippen LogP contribution in [0, 0.1) is 0 Å². The lowest BCUT2D eigenvalue weighted by molar-refractivity contribution is 0.0770. The summed E-state index contributed by atoms with van der Waals surface area (Å²) in [5, 5.41) is 7.78. The van der Waals surface area contributed by atoms with Gasteiger partial charge in [-0.1, -0.05) is 0 Å². The molecule has 1 aromatic rings. The van der Waals surface area contributed by atoms with Gasteiger partial charge in [0.15, 0.2) is 0 Å². The van der Waals surface area contributed by atoms with E-state index in [1.807, 2.05) is 10.9 Å². The molecule has 0 saturated carbocycles. The minimum absolute atomic E-state index is 0.0589. The Balaban J connectivity index is 2.18. The third-order valence-electron chi connectivity index (χ3n) is 2.60. The molecule has 0 spiro atoms. The molecule has 4 nitrogen and oxygen atoms in total. The van der Waals surface area contributed by atoms with Crippen LogP contribution in [-0.2, 0) is 16.8 Å². The van der Waals surface area contributed by atoms with E-state index in [1.165, 1.54) is 5.56 Å². The van der Waals surface area contributed by atoms with Gasteiger partial charge in [-0.3, -0.25) is 4.68 Å². The summed E-state index contributed by atoms with van der Waals surface area (Å²) in [4.78, 5) is 0. The van der Waals surface area contributed by atoms with Gasteiger partial charge in [-0.15, -0.1) is 0 Å². The lowest BCUT2D eigenvalue weighted by atomic mass is 10.1. The van der Waals surface area contributed by atoms with Crippen molar-refractivity contribution in [2.24, 2.45) is 0 Å². The monoisotopic (exact) mass is 253 g/mol. The lowest BCUT2D eigenvalue weighted by Crippen LogP contribution is -2.22. The van der Waals surface area contributed by atoms with Gasteiger partial charge in [-0.25, -0.2) is 0 Å². The van der Waals surface area contributed by atoms with Gasteiger partial charge < -0.3 is 10.1 Å². The van der Waals surface area contributed by atoms with Crippen molar-refractivity contribution in [2.45, 2.75) is 59.2 Å². The van der Waals surface area contributed by atoms with Crippen LogP contribution in [0.25, 0.3) is 0 Å². The van der Waals surface area contributed by atoms with Crippen molar-refractivity contribution in [1.29, 1.82) is 0 Å². The molecular formula is C14H27N3O. The van der Waals surface area contributed by atoms with E-state index < -0.39 is 0 Å². The largest absolute Gasteiger partial charge is 0.379 e.